The van der Waals surface area contributed by atoms with E-state index < -0.39 is 0 Å². The van der Waals surface area contributed by atoms with Gasteiger partial charge in [-0.15, -0.1) is 0 Å². The van der Waals surface area contributed by atoms with Crippen molar-refractivity contribution in [3.05, 3.63) is 29.3 Å². The van der Waals surface area contributed by atoms with Crippen LogP contribution in [-0.4, -0.2) is 6.04 Å². The number of nitrogens with one attached hydrogen (secondary N) is 1. The largest absolute Gasteiger partial charge is 0.382 e. The molecule has 1 heteroatoms. The SMILES string of the molecule is CCc1ccc2c(c1)CCC(C1CCC1)N2. The van der Waals surface area contributed by atoms with Crippen LogP contribution in [0, 0.1) is 5.92 Å². The fourth-order valence-corrected chi connectivity index (χ4v) is 2.99. The number of anilines is 1. The summed E-state index contributed by atoms with van der Waals surface area (Å²) in [4.78, 5) is 0. The molecule has 1 aliphatic heterocycles. The molecule has 1 nitrogen and oxygen atoms in total. The first-order valence-electron chi connectivity index (χ1n) is 6.75. The van der Waals surface area contributed by atoms with Gasteiger partial charge in [-0.3, -0.25) is 0 Å². The number of rotatable bonds is 2. The Kier molecular flexibility index (Phi) is 2.62. The van der Waals surface area contributed by atoms with E-state index in [9.17, 15) is 0 Å². The van der Waals surface area contributed by atoms with E-state index in [1.54, 1.807) is 0 Å². The quantitative estimate of drug-likeness (QED) is 0.791. The minimum absolute atomic E-state index is 0.758. The Morgan fingerprint density at radius 3 is 2.81 bits per heavy atom. The number of hydrogen-bond acceptors (Lipinski definition) is 1. The zero-order valence-electron chi connectivity index (χ0n) is 10.1. The highest BCUT2D eigenvalue weighted by Crippen LogP contribution is 2.36. The summed E-state index contributed by atoms with van der Waals surface area (Å²) in [6.45, 7) is 2.23. The maximum atomic E-state index is 3.75. The number of fused-ring (bicyclic) bond motifs is 1. The van der Waals surface area contributed by atoms with Crippen LogP contribution in [-0.2, 0) is 12.8 Å². The van der Waals surface area contributed by atoms with Gasteiger partial charge in [0.15, 0.2) is 0 Å². The van der Waals surface area contributed by atoms with Gasteiger partial charge in [0.1, 0.15) is 0 Å². The fraction of sp³-hybridized carbons (Fsp3) is 0.600. The van der Waals surface area contributed by atoms with E-state index in [4.69, 9.17) is 0 Å². The first kappa shape index (κ1) is 10.2. The highest BCUT2D eigenvalue weighted by atomic mass is 14.9. The molecule has 0 radical (unpaired) electrons. The molecule has 1 aromatic carbocycles. The third-order valence-electron chi connectivity index (χ3n) is 4.36. The Labute approximate surface area is 98.3 Å². The lowest BCUT2D eigenvalue weighted by atomic mass is 9.76. The molecular formula is C15H21N. The molecule has 0 bridgehead atoms. The van der Waals surface area contributed by atoms with E-state index in [0.717, 1.165) is 18.4 Å². The van der Waals surface area contributed by atoms with Gasteiger partial charge in [0, 0.05) is 11.7 Å². The molecule has 2 aliphatic rings. The van der Waals surface area contributed by atoms with Crippen LogP contribution in [0.3, 0.4) is 0 Å². The van der Waals surface area contributed by atoms with Crippen LogP contribution in [0.25, 0.3) is 0 Å². The van der Waals surface area contributed by atoms with Crippen molar-refractivity contribution in [1.29, 1.82) is 0 Å². The Hall–Kier alpha value is -0.980. The van der Waals surface area contributed by atoms with Crippen molar-refractivity contribution in [1.82, 2.24) is 0 Å². The van der Waals surface area contributed by atoms with Crippen LogP contribution >= 0.6 is 0 Å². The molecule has 86 valence electrons. The highest BCUT2D eigenvalue weighted by molar-refractivity contribution is 5.55. The van der Waals surface area contributed by atoms with Gasteiger partial charge >= 0.3 is 0 Å². The summed E-state index contributed by atoms with van der Waals surface area (Å²) in [7, 11) is 0. The Balaban J connectivity index is 1.78. The normalized spacial score (nSPS) is 24.4. The zero-order chi connectivity index (χ0) is 11.0. The molecule has 0 saturated heterocycles. The lowest BCUT2D eigenvalue weighted by Gasteiger charge is -2.38. The van der Waals surface area contributed by atoms with E-state index in [-0.39, 0.29) is 0 Å². The average Bonchev–Trinajstić information content (AvgIpc) is 2.26. The lowest BCUT2D eigenvalue weighted by Crippen LogP contribution is -2.36. The minimum Gasteiger partial charge on any atom is -0.382 e. The van der Waals surface area contributed by atoms with E-state index in [0.29, 0.717) is 0 Å². The van der Waals surface area contributed by atoms with Crippen molar-refractivity contribution in [2.45, 2.75) is 51.5 Å². The van der Waals surface area contributed by atoms with Crippen molar-refractivity contribution in [3.63, 3.8) is 0 Å². The number of aryl methyl sites for hydroxylation is 2. The van der Waals surface area contributed by atoms with Gasteiger partial charge in [-0.05, 0) is 55.2 Å². The van der Waals surface area contributed by atoms with Crippen molar-refractivity contribution < 1.29 is 0 Å². The second-order valence-electron chi connectivity index (χ2n) is 5.33. The number of hydrogen-bond donors (Lipinski definition) is 1. The van der Waals surface area contributed by atoms with Crippen LogP contribution in [0.1, 0.15) is 43.7 Å². The molecule has 1 heterocycles. The molecule has 1 atom stereocenters. The van der Waals surface area contributed by atoms with Crippen molar-refractivity contribution >= 4 is 5.69 Å². The molecule has 1 fully saturated rings. The Morgan fingerprint density at radius 1 is 1.25 bits per heavy atom. The monoisotopic (exact) mass is 215 g/mol. The number of benzene rings is 1. The first-order valence-corrected chi connectivity index (χ1v) is 6.75. The third-order valence-corrected chi connectivity index (χ3v) is 4.36. The maximum Gasteiger partial charge on any atom is 0.0375 e. The van der Waals surface area contributed by atoms with Crippen LogP contribution in [0.2, 0.25) is 0 Å². The van der Waals surface area contributed by atoms with E-state index in [1.807, 2.05) is 0 Å². The molecule has 1 saturated carbocycles. The fourth-order valence-electron chi connectivity index (χ4n) is 2.99. The van der Waals surface area contributed by atoms with Gasteiger partial charge in [0.25, 0.3) is 0 Å². The van der Waals surface area contributed by atoms with Crippen LogP contribution in [0.5, 0.6) is 0 Å². The van der Waals surface area contributed by atoms with Gasteiger partial charge < -0.3 is 5.32 Å². The van der Waals surface area contributed by atoms with Crippen molar-refractivity contribution in [3.8, 4) is 0 Å². The molecule has 0 aromatic heterocycles. The molecule has 1 unspecified atom stereocenters. The third kappa shape index (κ3) is 1.73. The first-order chi connectivity index (χ1) is 7.86. The summed E-state index contributed by atoms with van der Waals surface area (Å²) >= 11 is 0. The second-order valence-corrected chi connectivity index (χ2v) is 5.33. The summed E-state index contributed by atoms with van der Waals surface area (Å²) < 4.78 is 0. The molecule has 3 rings (SSSR count). The molecule has 0 spiro atoms. The Morgan fingerprint density at radius 2 is 2.12 bits per heavy atom. The van der Waals surface area contributed by atoms with E-state index in [2.05, 4.69) is 30.4 Å². The second kappa shape index (κ2) is 4.12. The van der Waals surface area contributed by atoms with Gasteiger partial charge in [0.05, 0.1) is 0 Å². The molecular weight excluding hydrogens is 194 g/mol. The minimum atomic E-state index is 0.758. The maximum absolute atomic E-state index is 3.75. The smallest absolute Gasteiger partial charge is 0.0375 e. The molecule has 1 N–H and O–H groups in total. The molecule has 1 aromatic rings. The van der Waals surface area contributed by atoms with Crippen LogP contribution in [0.15, 0.2) is 18.2 Å². The molecule has 1 aliphatic carbocycles. The predicted octanol–water partition coefficient (Wildman–Crippen LogP) is 3.78. The van der Waals surface area contributed by atoms with E-state index >= 15 is 0 Å². The van der Waals surface area contributed by atoms with Crippen LogP contribution in [0.4, 0.5) is 5.69 Å². The molecule has 0 amide bonds. The van der Waals surface area contributed by atoms with Gasteiger partial charge in [-0.2, -0.15) is 0 Å². The molecule has 16 heavy (non-hydrogen) atoms. The standard InChI is InChI=1S/C15H21N/c1-2-11-6-8-15-13(10-11)7-9-14(16-15)12-4-3-5-12/h6,8,10,12,14,16H,2-5,7,9H2,1H3. The average molecular weight is 215 g/mol. The summed E-state index contributed by atoms with van der Waals surface area (Å²) in [6.07, 6.45) is 8.10. The topological polar surface area (TPSA) is 12.0 Å². The lowest BCUT2D eigenvalue weighted by molar-refractivity contribution is 0.263. The predicted molar refractivity (Wildman–Crippen MR) is 68.9 cm³/mol. The highest BCUT2D eigenvalue weighted by Gasteiger charge is 2.29. The van der Waals surface area contributed by atoms with Crippen LogP contribution < -0.4 is 5.32 Å². The summed E-state index contributed by atoms with van der Waals surface area (Å²) in [5.74, 6) is 0.957. The van der Waals surface area contributed by atoms with Crippen molar-refractivity contribution in [2.75, 3.05) is 5.32 Å². The van der Waals surface area contributed by atoms with Gasteiger partial charge in [0.2, 0.25) is 0 Å². The van der Waals surface area contributed by atoms with Crippen molar-refractivity contribution in [2.24, 2.45) is 5.92 Å². The summed E-state index contributed by atoms with van der Waals surface area (Å²) in [5, 5.41) is 3.75. The van der Waals surface area contributed by atoms with E-state index in [1.165, 1.54) is 48.9 Å². The van der Waals surface area contributed by atoms with Gasteiger partial charge in [-0.25, -0.2) is 0 Å². The van der Waals surface area contributed by atoms with Gasteiger partial charge in [-0.1, -0.05) is 25.5 Å². The Bertz CT molecular complexity index is 379. The summed E-state index contributed by atoms with van der Waals surface area (Å²) in [5.41, 5.74) is 4.41. The summed E-state index contributed by atoms with van der Waals surface area (Å²) in [6, 6.07) is 7.71. The zero-order valence-corrected chi connectivity index (χ0v) is 10.1.